The van der Waals surface area contributed by atoms with Gasteiger partial charge in [-0.05, 0) is 71.2 Å². The lowest BCUT2D eigenvalue weighted by atomic mass is 10.1. The van der Waals surface area contributed by atoms with Gasteiger partial charge < -0.3 is 5.32 Å². The van der Waals surface area contributed by atoms with Crippen LogP contribution in [0.4, 0.5) is 10.1 Å². The molecular formula is C15H12BrClFNO. The van der Waals surface area contributed by atoms with E-state index in [1.54, 1.807) is 19.1 Å². The van der Waals surface area contributed by atoms with E-state index in [0.717, 1.165) is 10.0 Å². The zero-order valence-electron chi connectivity index (χ0n) is 10.9. The minimum atomic E-state index is -0.434. The Morgan fingerprint density at radius 2 is 1.90 bits per heavy atom. The number of halogens is 3. The molecule has 1 amide bonds. The van der Waals surface area contributed by atoms with E-state index < -0.39 is 5.82 Å². The molecule has 0 aliphatic heterocycles. The number of nitrogens with one attached hydrogen (secondary N) is 1. The Morgan fingerprint density at radius 1 is 1.20 bits per heavy atom. The van der Waals surface area contributed by atoms with E-state index >= 15 is 0 Å². The summed E-state index contributed by atoms with van der Waals surface area (Å²) >= 11 is 9.40. The first-order valence-corrected chi connectivity index (χ1v) is 7.08. The third kappa shape index (κ3) is 3.38. The van der Waals surface area contributed by atoms with Crippen molar-refractivity contribution in [1.29, 1.82) is 0 Å². The van der Waals surface area contributed by atoms with Crippen LogP contribution in [0, 0.1) is 19.7 Å². The molecule has 20 heavy (non-hydrogen) atoms. The second kappa shape index (κ2) is 5.94. The van der Waals surface area contributed by atoms with Crippen molar-refractivity contribution >= 4 is 39.1 Å². The highest BCUT2D eigenvalue weighted by Gasteiger charge is 2.11. The van der Waals surface area contributed by atoms with Crippen LogP contribution in [-0.4, -0.2) is 5.91 Å². The summed E-state index contributed by atoms with van der Waals surface area (Å²) in [7, 11) is 0. The second-order valence-corrected chi connectivity index (χ2v) is 5.81. The Bertz CT molecular complexity index is 668. The largest absolute Gasteiger partial charge is 0.321 e. The van der Waals surface area contributed by atoms with Crippen molar-refractivity contribution in [3.8, 4) is 0 Å². The highest BCUT2D eigenvalue weighted by atomic mass is 79.9. The number of rotatable bonds is 2. The molecule has 2 rings (SSSR count). The standard InChI is InChI=1S/C15H12BrClFNO/c1-8-3-10(6-11(18)4-8)15(20)19-14-7-13(17)9(2)5-12(14)16/h3-7H,1-2H3,(H,19,20). The predicted molar refractivity (Wildman–Crippen MR) is 83.0 cm³/mol. The van der Waals surface area contributed by atoms with Gasteiger partial charge in [0.05, 0.1) is 5.69 Å². The molecule has 0 aromatic heterocycles. The van der Waals surface area contributed by atoms with E-state index in [-0.39, 0.29) is 11.5 Å². The Hall–Kier alpha value is -1.39. The summed E-state index contributed by atoms with van der Waals surface area (Å²) in [5.41, 5.74) is 2.41. The van der Waals surface area contributed by atoms with Crippen molar-refractivity contribution in [2.45, 2.75) is 13.8 Å². The normalized spacial score (nSPS) is 10.4. The fourth-order valence-electron chi connectivity index (χ4n) is 1.80. The Balaban J connectivity index is 2.30. The number of anilines is 1. The maximum absolute atomic E-state index is 13.3. The highest BCUT2D eigenvalue weighted by molar-refractivity contribution is 9.10. The monoisotopic (exact) mass is 355 g/mol. The third-order valence-electron chi connectivity index (χ3n) is 2.80. The van der Waals surface area contributed by atoms with Crippen molar-refractivity contribution in [3.63, 3.8) is 0 Å². The van der Waals surface area contributed by atoms with Crippen LogP contribution >= 0.6 is 27.5 Å². The maximum Gasteiger partial charge on any atom is 0.255 e. The lowest BCUT2D eigenvalue weighted by Gasteiger charge is -2.10. The number of hydrogen-bond acceptors (Lipinski definition) is 1. The van der Waals surface area contributed by atoms with Gasteiger partial charge in [-0.2, -0.15) is 0 Å². The molecule has 0 saturated carbocycles. The van der Waals surface area contributed by atoms with Crippen molar-refractivity contribution in [3.05, 3.63) is 62.3 Å². The predicted octanol–water partition coefficient (Wildman–Crippen LogP) is 5.11. The Kier molecular flexibility index (Phi) is 4.45. The van der Waals surface area contributed by atoms with Gasteiger partial charge in [-0.25, -0.2) is 4.39 Å². The Morgan fingerprint density at radius 3 is 2.55 bits per heavy atom. The van der Waals surface area contributed by atoms with Crippen LogP contribution in [0.25, 0.3) is 0 Å². The van der Waals surface area contributed by atoms with Crippen molar-refractivity contribution in [1.82, 2.24) is 0 Å². The molecule has 0 atom stereocenters. The molecule has 0 radical (unpaired) electrons. The van der Waals surface area contributed by atoms with E-state index in [2.05, 4.69) is 21.2 Å². The summed E-state index contributed by atoms with van der Waals surface area (Å²) in [6, 6.07) is 7.67. The summed E-state index contributed by atoms with van der Waals surface area (Å²) in [5, 5.41) is 3.27. The van der Waals surface area contributed by atoms with Crippen molar-refractivity contribution < 1.29 is 9.18 Å². The molecule has 1 N–H and O–H groups in total. The number of amides is 1. The molecule has 0 fully saturated rings. The topological polar surface area (TPSA) is 29.1 Å². The van der Waals surface area contributed by atoms with Gasteiger partial charge in [0.2, 0.25) is 0 Å². The number of carbonyl (C=O) groups is 1. The molecule has 0 aliphatic carbocycles. The van der Waals surface area contributed by atoms with Crippen molar-refractivity contribution in [2.75, 3.05) is 5.32 Å². The van der Waals surface area contributed by atoms with Crippen LogP contribution in [0.1, 0.15) is 21.5 Å². The van der Waals surface area contributed by atoms with Gasteiger partial charge in [0.1, 0.15) is 5.82 Å². The second-order valence-electron chi connectivity index (χ2n) is 4.55. The first-order chi connectivity index (χ1) is 9.36. The van der Waals surface area contributed by atoms with Gasteiger partial charge >= 0.3 is 0 Å². The molecule has 0 saturated heterocycles. The molecule has 2 nitrogen and oxygen atoms in total. The van der Waals surface area contributed by atoms with Gasteiger partial charge in [0, 0.05) is 15.1 Å². The van der Waals surface area contributed by atoms with Gasteiger partial charge in [0.15, 0.2) is 0 Å². The van der Waals surface area contributed by atoms with Crippen LogP contribution in [-0.2, 0) is 0 Å². The molecule has 0 aliphatic rings. The summed E-state index contributed by atoms with van der Waals surface area (Å²) in [6.07, 6.45) is 0. The lowest BCUT2D eigenvalue weighted by Crippen LogP contribution is -2.13. The van der Waals surface area contributed by atoms with E-state index in [1.165, 1.54) is 12.1 Å². The number of benzene rings is 2. The molecule has 2 aromatic rings. The Labute approximate surface area is 130 Å². The van der Waals surface area contributed by atoms with E-state index in [1.807, 2.05) is 13.0 Å². The maximum atomic E-state index is 13.3. The highest BCUT2D eigenvalue weighted by Crippen LogP contribution is 2.29. The van der Waals surface area contributed by atoms with Gasteiger partial charge in [-0.15, -0.1) is 0 Å². The lowest BCUT2D eigenvalue weighted by molar-refractivity contribution is 0.102. The molecular weight excluding hydrogens is 345 g/mol. The molecule has 104 valence electrons. The number of aryl methyl sites for hydroxylation is 2. The zero-order chi connectivity index (χ0) is 14.9. The molecule has 0 unspecified atom stereocenters. The fraction of sp³-hybridized carbons (Fsp3) is 0.133. The van der Waals surface area contributed by atoms with E-state index in [9.17, 15) is 9.18 Å². The third-order valence-corrected chi connectivity index (χ3v) is 3.86. The van der Waals surface area contributed by atoms with Crippen LogP contribution in [0.3, 0.4) is 0 Å². The minimum absolute atomic E-state index is 0.270. The summed E-state index contributed by atoms with van der Waals surface area (Å²) < 4.78 is 14.0. The average molecular weight is 357 g/mol. The minimum Gasteiger partial charge on any atom is -0.321 e. The molecule has 0 spiro atoms. The summed E-state index contributed by atoms with van der Waals surface area (Å²) in [6.45, 7) is 3.60. The summed E-state index contributed by atoms with van der Waals surface area (Å²) in [5.74, 6) is -0.815. The number of hydrogen-bond donors (Lipinski definition) is 1. The van der Waals surface area contributed by atoms with Crippen LogP contribution < -0.4 is 5.32 Å². The first-order valence-electron chi connectivity index (χ1n) is 5.91. The summed E-state index contributed by atoms with van der Waals surface area (Å²) in [4.78, 5) is 12.1. The smallest absolute Gasteiger partial charge is 0.255 e. The molecule has 5 heteroatoms. The average Bonchev–Trinajstić information content (AvgIpc) is 2.34. The zero-order valence-corrected chi connectivity index (χ0v) is 13.3. The molecule has 0 heterocycles. The van der Waals surface area contributed by atoms with Crippen LogP contribution in [0.2, 0.25) is 5.02 Å². The van der Waals surface area contributed by atoms with Crippen molar-refractivity contribution in [2.24, 2.45) is 0 Å². The molecule has 0 bridgehead atoms. The van der Waals surface area contributed by atoms with Crippen LogP contribution in [0.15, 0.2) is 34.8 Å². The quantitative estimate of drug-likeness (QED) is 0.796. The van der Waals surface area contributed by atoms with E-state index in [0.29, 0.717) is 16.3 Å². The fourth-order valence-corrected chi connectivity index (χ4v) is 2.52. The first kappa shape index (κ1) is 15.0. The van der Waals surface area contributed by atoms with Gasteiger partial charge in [-0.3, -0.25) is 4.79 Å². The number of carbonyl (C=O) groups excluding carboxylic acids is 1. The van der Waals surface area contributed by atoms with Gasteiger partial charge in [0.25, 0.3) is 5.91 Å². The molecule has 2 aromatic carbocycles. The van der Waals surface area contributed by atoms with Gasteiger partial charge in [-0.1, -0.05) is 11.6 Å². The van der Waals surface area contributed by atoms with Crippen LogP contribution in [0.5, 0.6) is 0 Å². The SMILES string of the molecule is Cc1cc(F)cc(C(=O)Nc2cc(Cl)c(C)cc2Br)c1. The van der Waals surface area contributed by atoms with E-state index in [4.69, 9.17) is 11.6 Å².